The molecule has 1 aromatic heterocycles. The summed E-state index contributed by atoms with van der Waals surface area (Å²) >= 11 is 0. The van der Waals surface area contributed by atoms with Crippen LogP contribution in [0.1, 0.15) is 31.9 Å². The molecule has 1 fully saturated rings. The number of nitro groups is 1. The van der Waals surface area contributed by atoms with Gasteiger partial charge in [0, 0.05) is 33.1 Å². The Labute approximate surface area is 123 Å². The highest BCUT2D eigenvalue weighted by Gasteiger charge is 2.25. The van der Waals surface area contributed by atoms with Crippen molar-refractivity contribution in [2.45, 2.75) is 32.6 Å². The summed E-state index contributed by atoms with van der Waals surface area (Å²) in [6.45, 7) is 3.94. The number of hydrogen-bond acceptors (Lipinski definition) is 5. The number of nitrogens with zero attached hydrogens (tertiary/aromatic N) is 4. The fourth-order valence-electron chi connectivity index (χ4n) is 2.61. The second-order valence-corrected chi connectivity index (χ2v) is 5.14. The van der Waals surface area contributed by atoms with Gasteiger partial charge < -0.3 is 10.2 Å². The van der Waals surface area contributed by atoms with Gasteiger partial charge in [-0.25, -0.2) is 4.68 Å². The Morgan fingerprint density at radius 3 is 2.81 bits per heavy atom. The maximum atomic E-state index is 11.5. The predicted molar refractivity (Wildman–Crippen MR) is 78.2 cm³/mol. The second kappa shape index (κ2) is 6.55. The molecule has 0 spiro atoms. The first-order valence-electron chi connectivity index (χ1n) is 7.26. The Morgan fingerprint density at radius 2 is 2.24 bits per heavy atom. The van der Waals surface area contributed by atoms with Crippen LogP contribution in [0, 0.1) is 10.1 Å². The van der Waals surface area contributed by atoms with Gasteiger partial charge in [-0.3, -0.25) is 14.9 Å². The lowest BCUT2D eigenvalue weighted by Crippen LogP contribution is -2.27. The second-order valence-electron chi connectivity index (χ2n) is 5.14. The van der Waals surface area contributed by atoms with Gasteiger partial charge >= 0.3 is 5.69 Å². The van der Waals surface area contributed by atoms with Crippen LogP contribution in [-0.4, -0.2) is 45.1 Å². The topological polar surface area (TPSA) is 93.3 Å². The number of likely N-dealkylation sites (tertiary alicyclic amines) is 1. The molecule has 1 aromatic rings. The minimum atomic E-state index is -0.391. The summed E-state index contributed by atoms with van der Waals surface area (Å²) < 4.78 is 1.51. The number of carbonyl (C=O) groups is 1. The maximum Gasteiger partial charge on any atom is 0.333 e. The third-order valence-corrected chi connectivity index (χ3v) is 3.68. The number of anilines is 1. The van der Waals surface area contributed by atoms with Gasteiger partial charge in [0.1, 0.15) is 5.69 Å². The van der Waals surface area contributed by atoms with E-state index in [2.05, 4.69) is 10.4 Å². The van der Waals surface area contributed by atoms with Gasteiger partial charge in [-0.1, -0.05) is 6.92 Å². The molecule has 0 aliphatic carbocycles. The third kappa shape index (κ3) is 3.32. The standard InChI is InChI=1S/C13H21N5O3/c1-3-10-12(18(20)21)13(16(2)15-10)14-7-5-9-17-8-4-6-11(17)19/h14H,3-9H2,1-2H3. The fourth-order valence-corrected chi connectivity index (χ4v) is 2.61. The van der Waals surface area contributed by atoms with E-state index >= 15 is 0 Å². The molecule has 0 radical (unpaired) electrons. The molecule has 0 saturated carbocycles. The van der Waals surface area contributed by atoms with E-state index in [4.69, 9.17) is 0 Å². The molecule has 21 heavy (non-hydrogen) atoms. The van der Waals surface area contributed by atoms with Gasteiger partial charge in [-0.05, 0) is 19.3 Å². The number of amides is 1. The van der Waals surface area contributed by atoms with Gasteiger partial charge in [-0.2, -0.15) is 5.10 Å². The van der Waals surface area contributed by atoms with E-state index in [1.54, 1.807) is 7.05 Å². The van der Waals surface area contributed by atoms with Crippen LogP contribution in [0.25, 0.3) is 0 Å². The van der Waals surface area contributed by atoms with E-state index < -0.39 is 4.92 Å². The van der Waals surface area contributed by atoms with Crippen molar-refractivity contribution >= 4 is 17.4 Å². The molecule has 2 rings (SSSR count). The minimum Gasteiger partial charge on any atom is -0.364 e. The Kier molecular flexibility index (Phi) is 4.77. The van der Waals surface area contributed by atoms with E-state index in [-0.39, 0.29) is 11.6 Å². The van der Waals surface area contributed by atoms with Crippen LogP contribution in [0.15, 0.2) is 0 Å². The van der Waals surface area contributed by atoms with Crippen LogP contribution in [0.4, 0.5) is 11.5 Å². The highest BCUT2D eigenvalue weighted by atomic mass is 16.6. The van der Waals surface area contributed by atoms with Crippen LogP contribution < -0.4 is 5.32 Å². The summed E-state index contributed by atoms with van der Waals surface area (Å²) in [6.07, 6.45) is 2.85. The Bertz CT molecular complexity index is 540. The number of aryl methyl sites for hydroxylation is 2. The number of nitrogens with one attached hydrogen (secondary N) is 1. The van der Waals surface area contributed by atoms with E-state index in [1.807, 2.05) is 11.8 Å². The van der Waals surface area contributed by atoms with Crippen LogP contribution in [-0.2, 0) is 18.3 Å². The average molecular weight is 295 g/mol. The highest BCUT2D eigenvalue weighted by molar-refractivity contribution is 5.78. The van der Waals surface area contributed by atoms with E-state index in [0.717, 1.165) is 19.4 Å². The van der Waals surface area contributed by atoms with E-state index in [9.17, 15) is 14.9 Å². The van der Waals surface area contributed by atoms with Crippen molar-refractivity contribution in [2.75, 3.05) is 25.0 Å². The smallest absolute Gasteiger partial charge is 0.333 e. The number of aromatic nitrogens is 2. The molecule has 8 heteroatoms. The number of carbonyl (C=O) groups excluding carboxylic acids is 1. The molecular formula is C13H21N5O3. The first-order chi connectivity index (χ1) is 10.0. The molecule has 1 aliphatic heterocycles. The fraction of sp³-hybridized carbons (Fsp3) is 0.692. The van der Waals surface area contributed by atoms with Gasteiger partial charge in [0.25, 0.3) is 0 Å². The van der Waals surface area contributed by atoms with Crippen LogP contribution in [0.3, 0.4) is 0 Å². The third-order valence-electron chi connectivity index (χ3n) is 3.68. The highest BCUT2D eigenvalue weighted by Crippen LogP contribution is 2.28. The van der Waals surface area contributed by atoms with Crippen molar-refractivity contribution in [3.05, 3.63) is 15.8 Å². The minimum absolute atomic E-state index is 0.0530. The van der Waals surface area contributed by atoms with Gasteiger partial charge in [-0.15, -0.1) is 0 Å². The predicted octanol–water partition coefficient (Wildman–Crippen LogP) is 1.32. The van der Waals surface area contributed by atoms with Crippen LogP contribution in [0.2, 0.25) is 0 Å². The summed E-state index contributed by atoms with van der Waals surface area (Å²) in [5, 5.41) is 18.4. The monoisotopic (exact) mass is 295 g/mol. The summed E-state index contributed by atoms with van der Waals surface area (Å²) in [4.78, 5) is 24.1. The van der Waals surface area contributed by atoms with Crippen molar-refractivity contribution in [3.8, 4) is 0 Å². The normalized spacial score (nSPS) is 14.8. The largest absolute Gasteiger partial charge is 0.364 e. The number of rotatable bonds is 7. The molecule has 0 unspecified atom stereocenters. The van der Waals surface area contributed by atoms with Gasteiger partial charge in [0.15, 0.2) is 0 Å². The Hall–Kier alpha value is -2.12. The first kappa shape index (κ1) is 15.3. The molecule has 2 heterocycles. The molecule has 0 aromatic carbocycles. The van der Waals surface area contributed by atoms with E-state index in [0.29, 0.717) is 37.4 Å². The SMILES string of the molecule is CCc1nn(C)c(NCCCN2CCCC2=O)c1[N+](=O)[O-]. The quantitative estimate of drug-likeness (QED) is 0.465. The van der Waals surface area contributed by atoms with Crippen molar-refractivity contribution in [3.63, 3.8) is 0 Å². The van der Waals surface area contributed by atoms with Crippen molar-refractivity contribution < 1.29 is 9.72 Å². The zero-order valence-electron chi connectivity index (χ0n) is 12.5. The first-order valence-corrected chi connectivity index (χ1v) is 7.26. The van der Waals surface area contributed by atoms with Crippen LogP contribution >= 0.6 is 0 Å². The van der Waals surface area contributed by atoms with E-state index in [1.165, 1.54) is 4.68 Å². The lowest BCUT2D eigenvalue weighted by atomic mass is 10.3. The van der Waals surface area contributed by atoms with Crippen molar-refractivity contribution in [1.82, 2.24) is 14.7 Å². The summed E-state index contributed by atoms with van der Waals surface area (Å²) in [5.41, 5.74) is 0.539. The lowest BCUT2D eigenvalue weighted by molar-refractivity contribution is -0.384. The Morgan fingerprint density at radius 1 is 1.48 bits per heavy atom. The maximum absolute atomic E-state index is 11.5. The Balaban J connectivity index is 1.92. The number of hydrogen-bond donors (Lipinski definition) is 1. The molecule has 0 bridgehead atoms. The van der Waals surface area contributed by atoms with Crippen molar-refractivity contribution in [1.29, 1.82) is 0 Å². The summed E-state index contributed by atoms with van der Waals surface area (Å²) in [5.74, 6) is 0.638. The zero-order valence-corrected chi connectivity index (χ0v) is 12.5. The summed E-state index contributed by atoms with van der Waals surface area (Å²) in [6, 6.07) is 0. The molecule has 1 saturated heterocycles. The van der Waals surface area contributed by atoms with Crippen LogP contribution in [0.5, 0.6) is 0 Å². The lowest BCUT2D eigenvalue weighted by Gasteiger charge is -2.15. The molecule has 0 atom stereocenters. The average Bonchev–Trinajstić information content (AvgIpc) is 2.98. The molecule has 1 N–H and O–H groups in total. The molecule has 1 amide bonds. The summed E-state index contributed by atoms with van der Waals surface area (Å²) in [7, 11) is 1.69. The molecule has 1 aliphatic rings. The zero-order chi connectivity index (χ0) is 15.4. The van der Waals surface area contributed by atoms with Crippen molar-refractivity contribution in [2.24, 2.45) is 7.05 Å². The molecule has 8 nitrogen and oxygen atoms in total. The van der Waals surface area contributed by atoms with Gasteiger partial charge in [0.05, 0.1) is 4.92 Å². The van der Waals surface area contributed by atoms with Gasteiger partial charge in [0.2, 0.25) is 11.7 Å². The molecular weight excluding hydrogens is 274 g/mol. The molecule has 116 valence electrons.